The molecule has 0 aromatic rings. The number of carbonyl (C=O) groups is 4. The molecule has 0 aromatic heterocycles. The molecule has 0 spiro atoms. The van der Waals surface area contributed by atoms with Crippen LogP contribution in [-0.2, 0) is 28.8 Å². The van der Waals surface area contributed by atoms with Gasteiger partial charge in [0.25, 0.3) is 0 Å². The van der Waals surface area contributed by atoms with Crippen molar-refractivity contribution >= 4 is 35.5 Å². The van der Waals surface area contributed by atoms with E-state index in [1.807, 2.05) is 0 Å². The number of hydrogen-bond acceptors (Lipinski definition) is 10. The zero-order valence-corrected chi connectivity index (χ0v) is 23.5. The summed E-state index contributed by atoms with van der Waals surface area (Å²) in [4.78, 5) is 58.7. The number of nitrogens with two attached hydrogens (primary N) is 2. The second-order valence-corrected chi connectivity index (χ2v) is 11.1. The predicted octanol–water partition coefficient (Wildman–Crippen LogP) is 0.411. The van der Waals surface area contributed by atoms with Gasteiger partial charge < -0.3 is 46.4 Å². The first-order valence-electron chi connectivity index (χ1n) is 13.7. The first-order valence-corrected chi connectivity index (χ1v) is 13.7. The number of aliphatic hydroxyl groups excluding tert-OH is 1. The van der Waals surface area contributed by atoms with Crippen LogP contribution in [0.2, 0.25) is 0 Å². The number of carboxylic acid groups (broad SMARTS) is 2. The minimum absolute atomic E-state index is 0.00711. The second-order valence-electron chi connectivity index (χ2n) is 11.1. The van der Waals surface area contributed by atoms with Crippen molar-refractivity contribution in [2.45, 2.75) is 76.1 Å². The summed E-state index contributed by atoms with van der Waals surface area (Å²) in [6, 6.07) is 0. The molecule has 0 saturated carbocycles. The standard InChI is InChI=1S/C27H39N5O10/c1-32(14-24(38)39)21(33)9-5-15-4-8-18(41-25(40)16-2-6-17(7-3-16)30-26(28)29)10-19(15)20-11-27(42-31-20,12-22(34)35)13-23(36)37/h6,8,15-16,19,22,34-35H,2-5,7,9-14H2,1H3,(H,36,37)(H,38,39)(H4,28,29,30)/t15-,16+,19-,27?/m0/s1. The summed E-state index contributed by atoms with van der Waals surface area (Å²) in [5.41, 5.74) is 10.6. The Hall–Kier alpha value is -3.98. The smallest absolute Gasteiger partial charge is 0.323 e. The van der Waals surface area contributed by atoms with Gasteiger partial charge in [-0.1, -0.05) is 11.2 Å². The van der Waals surface area contributed by atoms with Gasteiger partial charge in [0, 0.05) is 44.3 Å². The molecule has 0 radical (unpaired) electrons. The van der Waals surface area contributed by atoms with E-state index >= 15 is 0 Å². The number of rotatable bonds is 13. The van der Waals surface area contributed by atoms with Gasteiger partial charge in [0.2, 0.25) is 5.91 Å². The highest BCUT2D eigenvalue weighted by atomic mass is 16.7. The Balaban J connectivity index is 1.74. The molecule has 3 aliphatic rings. The van der Waals surface area contributed by atoms with Gasteiger partial charge in [-0.05, 0) is 44.1 Å². The van der Waals surface area contributed by atoms with E-state index in [9.17, 15) is 34.5 Å². The van der Waals surface area contributed by atoms with E-state index in [0.717, 1.165) is 4.90 Å². The molecule has 3 rings (SSSR count). The fourth-order valence-electron chi connectivity index (χ4n) is 5.64. The molecule has 8 N–H and O–H groups in total. The number of likely N-dealkylation sites (N-methyl/N-ethyl adjacent to an activating group) is 1. The molecule has 1 aliphatic heterocycles. The topological polar surface area (TPSA) is 248 Å². The van der Waals surface area contributed by atoms with E-state index in [4.69, 9.17) is 26.1 Å². The van der Waals surface area contributed by atoms with Crippen LogP contribution in [-0.4, -0.2) is 86.3 Å². The van der Waals surface area contributed by atoms with Crippen LogP contribution >= 0.6 is 0 Å². The Kier molecular flexibility index (Phi) is 11.1. The number of aliphatic carboxylic acids is 2. The van der Waals surface area contributed by atoms with Crippen LogP contribution < -0.4 is 11.5 Å². The summed E-state index contributed by atoms with van der Waals surface area (Å²) in [5, 5.41) is 41.7. The lowest BCUT2D eigenvalue weighted by atomic mass is 9.74. The molecular formula is C27H39N5O10. The van der Waals surface area contributed by atoms with Gasteiger partial charge in [-0.25, -0.2) is 4.99 Å². The molecule has 1 amide bonds. The fourth-order valence-corrected chi connectivity index (χ4v) is 5.64. The van der Waals surface area contributed by atoms with Crippen LogP contribution in [0.4, 0.5) is 0 Å². The normalized spacial score (nSPS) is 25.4. The van der Waals surface area contributed by atoms with Gasteiger partial charge >= 0.3 is 17.9 Å². The van der Waals surface area contributed by atoms with Gasteiger partial charge in [-0.15, -0.1) is 0 Å². The van der Waals surface area contributed by atoms with Gasteiger partial charge in [0.05, 0.1) is 18.1 Å². The third kappa shape index (κ3) is 9.27. The second kappa shape index (κ2) is 14.3. The Morgan fingerprint density at radius 3 is 2.52 bits per heavy atom. The lowest BCUT2D eigenvalue weighted by Crippen LogP contribution is -2.38. The summed E-state index contributed by atoms with van der Waals surface area (Å²) in [7, 11) is 1.41. The molecule has 0 bridgehead atoms. The number of carboxylic acids is 2. The molecule has 1 unspecified atom stereocenters. The molecule has 0 aromatic carbocycles. The van der Waals surface area contributed by atoms with Crippen molar-refractivity contribution in [3.05, 3.63) is 23.6 Å². The predicted molar refractivity (Wildman–Crippen MR) is 147 cm³/mol. The zero-order chi connectivity index (χ0) is 31.0. The monoisotopic (exact) mass is 593 g/mol. The van der Waals surface area contributed by atoms with E-state index in [-0.39, 0.29) is 49.4 Å². The highest BCUT2D eigenvalue weighted by Gasteiger charge is 2.46. The molecule has 0 saturated heterocycles. The summed E-state index contributed by atoms with van der Waals surface area (Å²) in [6.07, 6.45) is 3.37. The van der Waals surface area contributed by atoms with Crippen molar-refractivity contribution in [2.24, 2.45) is 39.4 Å². The van der Waals surface area contributed by atoms with Crippen LogP contribution in [0, 0.1) is 17.8 Å². The van der Waals surface area contributed by atoms with Crippen molar-refractivity contribution in [2.75, 3.05) is 13.6 Å². The molecule has 1 heterocycles. The summed E-state index contributed by atoms with van der Waals surface area (Å²) in [6.45, 7) is -0.432. The third-order valence-corrected chi connectivity index (χ3v) is 7.71. The lowest BCUT2D eigenvalue weighted by Gasteiger charge is -2.32. The van der Waals surface area contributed by atoms with Gasteiger partial charge in [-0.2, -0.15) is 0 Å². The minimum Gasteiger partial charge on any atom is -0.481 e. The number of ether oxygens (including phenoxy) is 1. The van der Waals surface area contributed by atoms with Crippen LogP contribution in [0.5, 0.6) is 0 Å². The van der Waals surface area contributed by atoms with E-state index in [0.29, 0.717) is 49.3 Å². The number of aliphatic imine (C=N–C) groups is 1. The maximum Gasteiger partial charge on any atom is 0.323 e. The number of esters is 1. The quantitative estimate of drug-likeness (QED) is 0.0735. The molecule has 2 aliphatic carbocycles. The van der Waals surface area contributed by atoms with Gasteiger partial charge in [0.1, 0.15) is 12.3 Å². The van der Waals surface area contributed by atoms with E-state index < -0.39 is 48.7 Å². The van der Waals surface area contributed by atoms with Crippen molar-refractivity contribution < 1.29 is 49.2 Å². The SMILES string of the molecule is CN(CC(=O)O)C(=O)CC[C@@H]1CC=C(OC(=O)[C@@H]2CC=C(N=C(N)N)CC2)C[C@@H]1C1=NOC(CC(=O)O)(CC(O)O)C1. The van der Waals surface area contributed by atoms with Crippen molar-refractivity contribution in [3.63, 3.8) is 0 Å². The third-order valence-electron chi connectivity index (χ3n) is 7.71. The summed E-state index contributed by atoms with van der Waals surface area (Å²) in [5.74, 6) is -3.69. The van der Waals surface area contributed by atoms with Crippen LogP contribution in [0.25, 0.3) is 0 Å². The van der Waals surface area contributed by atoms with Crippen molar-refractivity contribution in [1.29, 1.82) is 0 Å². The Bertz CT molecular complexity index is 1180. The number of allylic oxidation sites excluding steroid dienone is 4. The number of nitrogens with zero attached hydrogens (tertiary/aromatic N) is 3. The average molecular weight is 594 g/mol. The highest BCUT2D eigenvalue weighted by Crippen LogP contribution is 2.42. The Morgan fingerprint density at radius 1 is 1.19 bits per heavy atom. The molecular weight excluding hydrogens is 554 g/mol. The largest absolute Gasteiger partial charge is 0.481 e. The van der Waals surface area contributed by atoms with E-state index in [2.05, 4.69) is 10.1 Å². The molecule has 15 nitrogen and oxygen atoms in total. The van der Waals surface area contributed by atoms with Crippen LogP contribution in [0.1, 0.15) is 64.2 Å². The summed E-state index contributed by atoms with van der Waals surface area (Å²) < 4.78 is 5.77. The molecule has 232 valence electrons. The van der Waals surface area contributed by atoms with E-state index in [1.54, 1.807) is 12.2 Å². The summed E-state index contributed by atoms with van der Waals surface area (Å²) >= 11 is 0. The number of oxime groups is 1. The Labute approximate surface area is 242 Å². The number of guanidine groups is 1. The average Bonchev–Trinajstić information content (AvgIpc) is 3.29. The van der Waals surface area contributed by atoms with Crippen LogP contribution in [0.15, 0.2) is 33.8 Å². The maximum atomic E-state index is 13.0. The van der Waals surface area contributed by atoms with Crippen LogP contribution in [0.3, 0.4) is 0 Å². The molecule has 15 heteroatoms. The zero-order valence-electron chi connectivity index (χ0n) is 23.5. The lowest BCUT2D eigenvalue weighted by molar-refractivity contribution is -0.153. The minimum atomic E-state index is -1.82. The van der Waals surface area contributed by atoms with Crippen molar-refractivity contribution in [3.8, 4) is 0 Å². The fraction of sp³-hybridized carbons (Fsp3) is 0.630. The molecule has 4 atom stereocenters. The molecule has 0 fully saturated rings. The highest BCUT2D eigenvalue weighted by molar-refractivity contribution is 5.90. The first kappa shape index (κ1) is 32.5. The number of hydrogen-bond donors (Lipinski definition) is 6. The maximum absolute atomic E-state index is 13.0. The van der Waals surface area contributed by atoms with Gasteiger partial charge in [-0.3, -0.25) is 19.2 Å². The van der Waals surface area contributed by atoms with Gasteiger partial charge in [0.15, 0.2) is 17.9 Å². The van der Waals surface area contributed by atoms with E-state index in [1.165, 1.54) is 7.05 Å². The Morgan fingerprint density at radius 2 is 1.93 bits per heavy atom. The number of amides is 1. The van der Waals surface area contributed by atoms with Crippen molar-refractivity contribution in [1.82, 2.24) is 4.90 Å². The number of aliphatic hydroxyl groups is 2. The number of carbonyl (C=O) groups excluding carboxylic acids is 2. The first-order chi connectivity index (χ1) is 19.8. The molecule has 42 heavy (non-hydrogen) atoms.